The molecule has 3 rings (SSSR count). The van der Waals surface area contributed by atoms with Gasteiger partial charge in [0.05, 0.1) is 17.3 Å². The van der Waals surface area contributed by atoms with Crippen LogP contribution in [0.3, 0.4) is 0 Å². The fourth-order valence-corrected chi connectivity index (χ4v) is 6.78. The monoisotopic (exact) mass is 609 g/mol. The molecule has 0 unspecified atom stereocenters. The number of aromatic nitrogens is 1. The average Bonchev–Trinajstić information content (AvgIpc) is 2.91. The van der Waals surface area contributed by atoms with Crippen molar-refractivity contribution in [2.45, 2.75) is 44.2 Å². The van der Waals surface area contributed by atoms with Crippen LogP contribution in [-0.4, -0.2) is 60.5 Å². The van der Waals surface area contributed by atoms with Gasteiger partial charge in [-0.05, 0) is 66.8 Å². The van der Waals surface area contributed by atoms with Crippen LogP contribution >= 0.6 is 11.6 Å². The molecule has 1 aromatic heterocycles. The average molecular weight is 610 g/mol. The topological polar surface area (TPSA) is 154 Å². The van der Waals surface area contributed by atoms with E-state index in [0.29, 0.717) is 21.7 Å². The van der Waals surface area contributed by atoms with Crippen molar-refractivity contribution in [3.8, 4) is 11.1 Å². The molecule has 2 aromatic carbocycles. The van der Waals surface area contributed by atoms with Gasteiger partial charge in [-0.3, -0.25) is 14.3 Å². The van der Waals surface area contributed by atoms with Crippen LogP contribution < -0.4 is 5.32 Å². The maximum Gasteiger partial charge on any atom is 0.266 e. The van der Waals surface area contributed by atoms with Crippen LogP contribution in [0.15, 0.2) is 65.8 Å². The van der Waals surface area contributed by atoms with Crippen molar-refractivity contribution >= 4 is 37.6 Å². The van der Waals surface area contributed by atoms with E-state index in [9.17, 15) is 26.7 Å². The molecule has 0 saturated heterocycles. The molecule has 40 heavy (non-hydrogen) atoms. The van der Waals surface area contributed by atoms with Crippen molar-refractivity contribution in [2.24, 2.45) is 0 Å². The number of benzene rings is 2. The first-order valence-electron chi connectivity index (χ1n) is 12.5. The van der Waals surface area contributed by atoms with Gasteiger partial charge in [-0.1, -0.05) is 35.9 Å². The van der Waals surface area contributed by atoms with Crippen LogP contribution in [0.1, 0.15) is 42.5 Å². The highest BCUT2D eigenvalue weighted by atomic mass is 35.5. The molecule has 1 atom stereocenters. The van der Waals surface area contributed by atoms with Crippen molar-refractivity contribution in [2.75, 3.05) is 18.8 Å². The van der Waals surface area contributed by atoms with Gasteiger partial charge in [-0.15, -0.1) is 0 Å². The Morgan fingerprint density at radius 3 is 2.55 bits per heavy atom. The zero-order chi connectivity index (χ0) is 29.5. The molecule has 0 aliphatic rings. The Morgan fingerprint density at radius 1 is 1.12 bits per heavy atom. The number of hydrogen-bond donors (Lipinski definition) is 3. The second-order valence-electron chi connectivity index (χ2n) is 9.21. The number of carbonyl (C=O) groups is 1. The molecule has 0 aliphatic heterocycles. The van der Waals surface area contributed by atoms with E-state index in [2.05, 4.69) is 10.3 Å². The summed E-state index contributed by atoms with van der Waals surface area (Å²) in [6, 6.07) is 13.1. The second-order valence-corrected chi connectivity index (χ2v) is 13.0. The maximum absolute atomic E-state index is 14.0. The van der Waals surface area contributed by atoms with E-state index in [1.54, 1.807) is 50.5 Å². The van der Waals surface area contributed by atoms with Gasteiger partial charge in [0.25, 0.3) is 10.1 Å². The van der Waals surface area contributed by atoms with Gasteiger partial charge in [-0.2, -0.15) is 12.7 Å². The Bertz CT molecular complexity index is 1560. The fourth-order valence-electron chi connectivity index (χ4n) is 4.29. The molecule has 1 heterocycles. The van der Waals surface area contributed by atoms with Crippen molar-refractivity contribution in [1.29, 1.82) is 0 Å². The summed E-state index contributed by atoms with van der Waals surface area (Å²) in [6.45, 7) is 2.91. The number of sulfonamides is 1. The van der Waals surface area contributed by atoms with Gasteiger partial charge in [-0.25, -0.2) is 8.42 Å². The number of nitrogens with one attached hydrogen (secondary N) is 1. The number of pyridine rings is 1. The summed E-state index contributed by atoms with van der Waals surface area (Å²) in [5, 5.41) is 12.5. The first-order valence-corrected chi connectivity index (χ1v) is 15.9. The van der Waals surface area contributed by atoms with Gasteiger partial charge >= 0.3 is 0 Å². The minimum atomic E-state index is -4.21. The Morgan fingerprint density at radius 2 is 1.85 bits per heavy atom. The predicted molar refractivity (Wildman–Crippen MR) is 153 cm³/mol. The molecule has 0 radical (unpaired) electrons. The number of rotatable bonds is 13. The fraction of sp³-hybridized carbons (Fsp3) is 0.333. The van der Waals surface area contributed by atoms with Gasteiger partial charge in [0.15, 0.2) is 0 Å². The molecule has 10 nitrogen and oxygen atoms in total. The number of aliphatic hydroxyl groups is 1. The smallest absolute Gasteiger partial charge is 0.266 e. The Labute approximate surface area is 239 Å². The van der Waals surface area contributed by atoms with Crippen molar-refractivity contribution in [3.05, 3.63) is 82.6 Å². The largest absolute Gasteiger partial charge is 0.392 e. The number of hydrogen-bond acceptors (Lipinski definition) is 7. The maximum atomic E-state index is 14.0. The standard InChI is InChI=1S/C27H32ClN3O7S2/c1-19-25(28)8-4-9-26(19)40(37,38)31(14-5-10-27(33)30-13-15-39(34,35)36)20(2)21-6-3-7-22(16-21)24-11-12-29-17-23(24)18-32/h3-4,6-9,11-12,16-17,20,32H,5,10,13-15,18H2,1-2H3,(H,30,33)(H,34,35,36)/t20-/m0/s1. The summed E-state index contributed by atoms with van der Waals surface area (Å²) in [7, 11) is -8.28. The summed E-state index contributed by atoms with van der Waals surface area (Å²) in [5.74, 6) is -1.08. The van der Waals surface area contributed by atoms with E-state index < -0.39 is 37.8 Å². The molecule has 0 saturated carbocycles. The Hall–Kier alpha value is -2.87. The number of nitrogens with zero attached hydrogens (tertiary/aromatic N) is 2. The lowest BCUT2D eigenvalue weighted by Crippen LogP contribution is -2.36. The van der Waals surface area contributed by atoms with Crippen LogP contribution in [0.25, 0.3) is 11.1 Å². The molecule has 3 N–H and O–H groups in total. The third kappa shape index (κ3) is 8.09. The summed E-state index contributed by atoms with van der Waals surface area (Å²) >= 11 is 6.24. The minimum Gasteiger partial charge on any atom is -0.392 e. The van der Waals surface area contributed by atoms with Crippen LogP contribution in [0.5, 0.6) is 0 Å². The zero-order valence-electron chi connectivity index (χ0n) is 22.1. The summed E-state index contributed by atoms with van der Waals surface area (Å²) in [5.41, 5.74) is 3.28. The van der Waals surface area contributed by atoms with Gasteiger partial charge in [0.1, 0.15) is 0 Å². The van der Waals surface area contributed by atoms with E-state index in [4.69, 9.17) is 16.2 Å². The van der Waals surface area contributed by atoms with Crippen molar-refractivity contribution < 1.29 is 31.3 Å². The van der Waals surface area contributed by atoms with Crippen molar-refractivity contribution in [1.82, 2.24) is 14.6 Å². The van der Waals surface area contributed by atoms with Gasteiger partial charge in [0, 0.05) is 48.5 Å². The summed E-state index contributed by atoms with van der Waals surface area (Å²) in [4.78, 5) is 16.3. The molecule has 0 spiro atoms. The van der Waals surface area contributed by atoms with Gasteiger partial charge in [0.2, 0.25) is 15.9 Å². The lowest BCUT2D eigenvalue weighted by Gasteiger charge is -2.30. The third-order valence-electron chi connectivity index (χ3n) is 6.46. The number of halogens is 1. The molecule has 1 amide bonds. The van der Waals surface area contributed by atoms with Gasteiger partial charge < -0.3 is 10.4 Å². The van der Waals surface area contributed by atoms with Crippen LogP contribution in [-0.2, 0) is 31.5 Å². The van der Waals surface area contributed by atoms with Crippen molar-refractivity contribution in [3.63, 3.8) is 0 Å². The van der Waals surface area contributed by atoms with E-state index in [1.165, 1.54) is 10.4 Å². The van der Waals surface area contributed by atoms with Crippen LogP contribution in [0.2, 0.25) is 5.02 Å². The number of amides is 1. The lowest BCUT2D eigenvalue weighted by atomic mass is 9.98. The number of carbonyl (C=O) groups excluding carboxylic acids is 1. The quantitative estimate of drug-likeness (QED) is 0.248. The Balaban J connectivity index is 1.91. The molecular formula is C27H32ClN3O7S2. The van der Waals surface area contributed by atoms with E-state index in [1.807, 2.05) is 18.2 Å². The molecule has 13 heteroatoms. The third-order valence-corrected chi connectivity index (χ3v) is 9.70. The number of aliphatic hydroxyl groups excluding tert-OH is 1. The lowest BCUT2D eigenvalue weighted by molar-refractivity contribution is -0.121. The molecule has 216 valence electrons. The van der Waals surface area contributed by atoms with Crippen LogP contribution in [0, 0.1) is 6.92 Å². The highest BCUT2D eigenvalue weighted by Crippen LogP contribution is 2.33. The van der Waals surface area contributed by atoms with E-state index in [0.717, 1.165) is 11.1 Å². The van der Waals surface area contributed by atoms with E-state index >= 15 is 0 Å². The molecule has 3 aromatic rings. The summed E-state index contributed by atoms with van der Waals surface area (Å²) < 4.78 is 59.8. The first kappa shape index (κ1) is 31.7. The molecule has 0 aliphatic carbocycles. The highest BCUT2D eigenvalue weighted by molar-refractivity contribution is 7.89. The summed E-state index contributed by atoms with van der Waals surface area (Å²) in [6.07, 6.45) is 3.28. The zero-order valence-corrected chi connectivity index (χ0v) is 24.5. The second kappa shape index (κ2) is 13.7. The highest BCUT2D eigenvalue weighted by Gasteiger charge is 2.31. The predicted octanol–water partition coefficient (Wildman–Crippen LogP) is 3.74. The molecule has 0 bridgehead atoms. The molecular weight excluding hydrogens is 578 g/mol. The molecule has 0 fully saturated rings. The minimum absolute atomic E-state index is 0.0114. The SMILES string of the molecule is Cc1c(Cl)cccc1S(=O)(=O)N(CCCC(=O)NCCS(=O)(=O)O)[C@@H](C)c1cccc(-c2ccncc2CO)c1. The Kier molecular flexibility index (Phi) is 10.8. The first-order chi connectivity index (χ1) is 18.8. The van der Waals surface area contributed by atoms with Crippen LogP contribution in [0.4, 0.5) is 0 Å². The normalized spacial score (nSPS) is 12.8. The van der Waals surface area contributed by atoms with E-state index in [-0.39, 0.29) is 37.4 Å².